The molecule has 2 aliphatic heterocycles. The van der Waals surface area contributed by atoms with Crippen molar-refractivity contribution in [1.29, 1.82) is 0 Å². The summed E-state index contributed by atoms with van der Waals surface area (Å²) in [5.74, 6) is 1.65. The lowest BCUT2D eigenvalue weighted by molar-refractivity contribution is -0.139. The largest absolute Gasteiger partial charge is 0.497 e. The van der Waals surface area contributed by atoms with E-state index in [0.717, 1.165) is 25.1 Å². The third-order valence-corrected chi connectivity index (χ3v) is 5.71. The molecule has 2 fully saturated rings. The van der Waals surface area contributed by atoms with Gasteiger partial charge in [0.1, 0.15) is 5.75 Å². The third kappa shape index (κ3) is 3.57. The summed E-state index contributed by atoms with van der Waals surface area (Å²) in [6.07, 6.45) is 2.51. The quantitative estimate of drug-likeness (QED) is 0.831. The zero-order valence-electron chi connectivity index (χ0n) is 16.3. The molecule has 3 rings (SSSR count). The molecule has 0 aliphatic carbocycles. The summed E-state index contributed by atoms with van der Waals surface area (Å²) >= 11 is 0. The highest BCUT2D eigenvalue weighted by Crippen LogP contribution is 2.40. The van der Waals surface area contributed by atoms with E-state index in [2.05, 4.69) is 30.9 Å². The fraction of sp³-hybridized carbons (Fsp3) is 0.619. The predicted molar refractivity (Wildman–Crippen MR) is 101 cm³/mol. The maximum absolute atomic E-state index is 12.9. The molecule has 2 heterocycles. The van der Waals surface area contributed by atoms with Gasteiger partial charge in [-0.2, -0.15) is 0 Å². The van der Waals surface area contributed by atoms with Crippen LogP contribution in [0.4, 0.5) is 0 Å². The SMILES string of the molecule is COc1ccc([C@H]2CN(C(C)=O)[C@@H]3CCCN(C(=O)CC(C)C)[C@H]23)cc1. The molecule has 26 heavy (non-hydrogen) atoms. The number of nitrogens with zero attached hydrogens (tertiary/aromatic N) is 2. The zero-order valence-corrected chi connectivity index (χ0v) is 16.3. The second-order valence-electron chi connectivity index (χ2n) is 7.94. The first-order valence-corrected chi connectivity index (χ1v) is 9.63. The molecule has 1 aromatic carbocycles. The Bertz CT molecular complexity index is 656. The first-order valence-electron chi connectivity index (χ1n) is 9.63. The average molecular weight is 358 g/mol. The molecule has 5 nitrogen and oxygen atoms in total. The molecule has 0 aromatic heterocycles. The number of hydrogen-bond acceptors (Lipinski definition) is 3. The summed E-state index contributed by atoms with van der Waals surface area (Å²) in [7, 11) is 1.66. The minimum atomic E-state index is 0.0762. The summed E-state index contributed by atoms with van der Waals surface area (Å²) in [6.45, 7) is 7.28. The molecule has 3 atom stereocenters. The van der Waals surface area contributed by atoms with Crippen molar-refractivity contribution in [3.8, 4) is 5.75 Å². The smallest absolute Gasteiger partial charge is 0.223 e. The van der Waals surface area contributed by atoms with Gasteiger partial charge in [0.15, 0.2) is 0 Å². The van der Waals surface area contributed by atoms with E-state index in [1.54, 1.807) is 14.0 Å². The second-order valence-corrected chi connectivity index (χ2v) is 7.94. The number of fused-ring (bicyclic) bond motifs is 1. The van der Waals surface area contributed by atoms with Gasteiger partial charge in [0, 0.05) is 32.4 Å². The molecule has 0 unspecified atom stereocenters. The Morgan fingerprint density at radius 3 is 2.46 bits per heavy atom. The van der Waals surface area contributed by atoms with Crippen LogP contribution in [0.5, 0.6) is 5.75 Å². The average Bonchev–Trinajstić information content (AvgIpc) is 3.01. The lowest BCUT2D eigenvalue weighted by Crippen LogP contribution is -2.54. The fourth-order valence-corrected chi connectivity index (χ4v) is 4.55. The van der Waals surface area contributed by atoms with Crippen LogP contribution in [0.3, 0.4) is 0 Å². The number of carbonyl (C=O) groups is 2. The molecule has 5 heteroatoms. The first-order chi connectivity index (χ1) is 12.4. The highest BCUT2D eigenvalue weighted by Gasteiger charge is 2.49. The summed E-state index contributed by atoms with van der Waals surface area (Å²) in [5.41, 5.74) is 1.17. The van der Waals surface area contributed by atoms with Crippen LogP contribution in [0.15, 0.2) is 24.3 Å². The van der Waals surface area contributed by atoms with Crippen molar-refractivity contribution in [3.63, 3.8) is 0 Å². The lowest BCUT2D eigenvalue weighted by Gasteiger charge is -2.41. The van der Waals surface area contributed by atoms with Crippen LogP contribution < -0.4 is 4.74 Å². The van der Waals surface area contributed by atoms with Gasteiger partial charge in [-0.1, -0.05) is 26.0 Å². The van der Waals surface area contributed by atoms with E-state index in [1.165, 1.54) is 5.56 Å². The zero-order chi connectivity index (χ0) is 18.8. The molecule has 0 bridgehead atoms. The molecule has 2 saturated heterocycles. The standard InChI is InChI=1S/C21H30N2O3/c1-14(2)12-20(25)22-11-5-6-19-21(22)18(13-23(19)15(3)24)16-7-9-17(26-4)10-8-16/h7-10,14,18-19,21H,5-6,11-13H2,1-4H3/t18-,19-,21-/m1/s1. The van der Waals surface area contributed by atoms with Crippen molar-refractivity contribution >= 4 is 11.8 Å². The fourth-order valence-electron chi connectivity index (χ4n) is 4.55. The van der Waals surface area contributed by atoms with E-state index in [1.807, 2.05) is 17.0 Å². The Balaban J connectivity index is 1.93. The molecular formula is C21H30N2O3. The van der Waals surface area contributed by atoms with Crippen molar-refractivity contribution in [3.05, 3.63) is 29.8 Å². The molecule has 1 aromatic rings. The van der Waals surface area contributed by atoms with Crippen molar-refractivity contribution in [2.45, 2.75) is 58.0 Å². The molecule has 2 amide bonds. The number of ether oxygens (including phenoxy) is 1. The van der Waals surface area contributed by atoms with Gasteiger partial charge in [-0.15, -0.1) is 0 Å². The van der Waals surface area contributed by atoms with Crippen molar-refractivity contribution in [1.82, 2.24) is 9.80 Å². The van der Waals surface area contributed by atoms with E-state index in [-0.39, 0.29) is 29.8 Å². The van der Waals surface area contributed by atoms with Crippen molar-refractivity contribution in [2.24, 2.45) is 5.92 Å². The number of amides is 2. The Labute approximate surface area is 156 Å². The van der Waals surface area contributed by atoms with Crippen LogP contribution in [0.2, 0.25) is 0 Å². The van der Waals surface area contributed by atoms with Crippen LogP contribution >= 0.6 is 0 Å². The second kappa shape index (κ2) is 7.68. The van der Waals surface area contributed by atoms with Gasteiger partial charge in [0.25, 0.3) is 0 Å². The Morgan fingerprint density at radius 1 is 1.19 bits per heavy atom. The van der Waals surface area contributed by atoms with Crippen molar-refractivity contribution in [2.75, 3.05) is 20.2 Å². The highest BCUT2D eigenvalue weighted by molar-refractivity contribution is 5.78. The number of piperidine rings is 1. The van der Waals surface area contributed by atoms with Crippen LogP contribution in [0, 0.1) is 5.92 Å². The Kier molecular flexibility index (Phi) is 5.54. The van der Waals surface area contributed by atoms with Gasteiger partial charge in [-0.25, -0.2) is 0 Å². The maximum Gasteiger partial charge on any atom is 0.223 e. The van der Waals surface area contributed by atoms with Crippen molar-refractivity contribution < 1.29 is 14.3 Å². The summed E-state index contributed by atoms with van der Waals surface area (Å²) in [4.78, 5) is 29.2. The molecule has 142 valence electrons. The number of carbonyl (C=O) groups excluding carboxylic acids is 2. The number of benzene rings is 1. The highest BCUT2D eigenvalue weighted by atomic mass is 16.5. The van der Waals surface area contributed by atoms with Crippen LogP contribution in [0.1, 0.15) is 51.5 Å². The number of hydrogen-bond donors (Lipinski definition) is 0. The van der Waals surface area contributed by atoms with Gasteiger partial charge in [0.2, 0.25) is 11.8 Å². The van der Waals surface area contributed by atoms with Gasteiger partial charge in [0.05, 0.1) is 19.2 Å². The van der Waals surface area contributed by atoms with E-state index >= 15 is 0 Å². The normalized spacial score (nSPS) is 25.3. The minimum Gasteiger partial charge on any atom is -0.497 e. The summed E-state index contributed by atoms with van der Waals surface area (Å²) in [6, 6.07) is 8.28. The van der Waals surface area contributed by atoms with E-state index < -0.39 is 0 Å². The van der Waals surface area contributed by atoms with Crippen LogP contribution in [0.25, 0.3) is 0 Å². The Morgan fingerprint density at radius 2 is 1.88 bits per heavy atom. The minimum absolute atomic E-state index is 0.0762. The van der Waals surface area contributed by atoms with Gasteiger partial charge < -0.3 is 14.5 Å². The summed E-state index contributed by atoms with van der Waals surface area (Å²) < 4.78 is 5.27. The first kappa shape index (κ1) is 18.7. The summed E-state index contributed by atoms with van der Waals surface area (Å²) in [5, 5.41) is 0. The third-order valence-electron chi connectivity index (χ3n) is 5.71. The monoisotopic (exact) mass is 358 g/mol. The molecule has 2 aliphatic rings. The number of likely N-dealkylation sites (tertiary alicyclic amines) is 2. The molecule has 0 radical (unpaired) electrons. The molecular weight excluding hydrogens is 328 g/mol. The van der Waals surface area contributed by atoms with Gasteiger partial charge in [-0.3, -0.25) is 9.59 Å². The van der Waals surface area contributed by atoms with E-state index in [0.29, 0.717) is 18.9 Å². The number of methoxy groups -OCH3 is 1. The van der Waals surface area contributed by atoms with E-state index in [4.69, 9.17) is 4.74 Å². The number of rotatable bonds is 4. The van der Waals surface area contributed by atoms with Crippen LogP contribution in [-0.2, 0) is 9.59 Å². The van der Waals surface area contributed by atoms with Crippen LogP contribution in [-0.4, -0.2) is 53.9 Å². The molecule has 0 spiro atoms. The molecule has 0 N–H and O–H groups in total. The predicted octanol–water partition coefficient (Wildman–Crippen LogP) is 3.05. The molecule has 0 saturated carbocycles. The Hall–Kier alpha value is -2.04. The topological polar surface area (TPSA) is 49.9 Å². The lowest BCUT2D eigenvalue weighted by atomic mass is 9.85. The van der Waals surface area contributed by atoms with E-state index in [9.17, 15) is 9.59 Å². The maximum atomic E-state index is 12.9. The van der Waals surface area contributed by atoms with Gasteiger partial charge in [-0.05, 0) is 36.5 Å². The van der Waals surface area contributed by atoms with Gasteiger partial charge >= 0.3 is 0 Å².